The molecule has 6 rings (SSSR count). The first-order valence-corrected chi connectivity index (χ1v) is 11.0. The van der Waals surface area contributed by atoms with Gasteiger partial charge in [0.1, 0.15) is 11.0 Å². The number of rotatable bonds is 4. The van der Waals surface area contributed by atoms with Crippen LogP contribution in [-0.4, -0.2) is 49.2 Å². The van der Waals surface area contributed by atoms with Gasteiger partial charge in [0.2, 0.25) is 0 Å². The number of hydrogen-bond acceptors (Lipinski definition) is 7. The minimum absolute atomic E-state index is 0.249. The zero-order valence-corrected chi connectivity index (χ0v) is 18.5. The summed E-state index contributed by atoms with van der Waals surface area (Å²) in [5, 5.41) is 7.24. The van der Waals surface area contributed by atoms with Gasteiger partial charge in [-0.05, 0) is 30.3 Å². The average Bonchev–Trinajstić information content (AvgIpc) is 3.55. The number of nitrogens with one attached hydrogen (secondary N) is 2. The van der Waals surface area contributed by atoms with Crippen LogP contribution >= 0.6 is 11.3 Å². The SMILES string of the molecule is CN(C)c1cncc(-c2ccc3[nH]nc(-c4nc5c(-c6ccc(F)s6)cncc5[nH]4)c3n2)c1. The van der Waals surface area contributed by atoms with E-state index in [-0.39, 0.29) is 5.13 Å². The number of fused-ring (bicyclic) bond motifs is 2. The maximum Gasteiger partial charge on any atom is 0.176 e. The summed E-state index contributed by atoms with van der Waals surface area (Å²) in [7, 11) is 3.95. The summed E-state index contributed by atoms with van der Waals surface area (Å²) < 4.78 is 13.6. The Hall–Kier alpha value is -4.18. The number of aromatic nitrogens is 7. The molecule has 0 amide bonds. The van der Waals surface area contributed by atoms with Crippen LogP contribution in [0.15, 0.2) is 55.1 Å². The molecule has 0 aliphatic carbocycles. The van der Waals surface area contributed by atoms with E-state index in [0.29, 0.717) is 22.6 Å². The summed E-state index contributed by atoms with van der Waals surface area (Å²) in [6.45, 7) is 0. The lowest BCUT2D eigenvalue weighted by Crippen LogP contribution is -2.08. The van der Waals surface area contributed by atoms with Crippen LogP contribution in [0.1, 0.15) is 0 Å². The average molecular weight is 457 g/mol. The van der Waals surface area contributed by atoms with Crippen molar-refractivity contribution in [2.45, 2.75) is 0 Å². The Kier molecular flexibility index (Phi) is 4.40. The van der Waals surface area contributed by atoms with Gasteiger partial charge >= 0.3 is 0 Å². The lowest BCUT2D eigenvalue weighted by atomic mass is 10.1. The highest BCUT2D eigenvalue weighted by Crippen LogP contribution is 2.34. The minimum atomic E-state index is -0.249. The second-order valence-corrected chi connectivity index (χ2v) is 8.80. The molecule has 0 aromatic carbocycles. The van der Waals surface area contributed by atoms with Crippen molar-refractivity contribution in [3.8, 4) is 33.2 Å². The molecule has 6 heterocycles. The van der Waals surface area contributed by atoms with Crippen LogP contribution in [0.4, 0.5) is 10.1 Å². The molecular formula is C23H17FN8S. The minimum Gasteiger partial charge on any atom is -0.376 e. The van der Waals surface area contributed by atoms with Gasteiger partial charge in [-0.25, -0.2) is 9.97 Å². The zero-order valence-electron chi connectivity index (χ0n) is 17.7. The van der Waals surface area contributed by atoms with E-state index < -0.39 is 0 Å². The highest BCUT2D eigenvalue weighted by Gasteiger charge is 2.18. The molecule has 0 atom stereocenters. The van der Waals surface area contributed by atoms with Crippen molar-refractivity contribution in [3.05, 3.63) is 60.3 Å². The molecule has 0 radical (unpaired) electrons. The van der Waals surface area contributed by atoms with Crippen LogP contribution in [0.2, 0.25) is 0 Å². The van der Waals surface area contributed by atoms with E-state index in [1.165, 1.54) is 6.07 Å². The first-order valence-electron chi connectivity index (χ1n) is 10.1. The molecular weight excluding hydrogens is 439 g/mol. The van der Waals surface area contributed by atoms with Gasteiger partial charge in [-0.15, -0.1) is 11.3 Å². The van der Waals surface area contributed by atoms with E-state index in [9.17, 15) is 4.39 Å². The quantitative estimate of drug-likeness (QED) is 0.392. The molecule has 10 heteroatoms. The van der Waals surface area contributed by atoms with Crippen molar-refractivity contribution in [1.29, 1.82) is 0 Å². The largest absolute Gasteiger partial charge is 0.376 e. The Balaban J connectivity index is 1.48. The number of imidazole rings is 1. The summed E-state index contributed by atoms with van der Waals surface area (Å²) in [5.74, 6) is 0.562. The third-order valence-electron chi connectivity index (χ3n) is 5.40. The Morgan fingerprint density at radius 2 is 1.79 bits per heavy atom. The predicted octanol–water partition coefficient (Wildman–Crippen LogP) is 4.89. The molecule has 6 aromatic rings. The van der Waals surface area contributed by atoms with E-state index in [4.69, 9.17) is 9.97 Å². The van der Waals surface area contributed by atoms with E-state index in [0.717, 1.165) is 49.8 Å². The molecule has 8 nitrogen and oxygen atoms in total. The lowest BCUT2D eigenvalue weighted by molar-refractivity contribution is 0.657. The normalized spacial score (nSPS) is 11.5. The van der Waals surface area contributed by atoms with Crippen molar-refractivity contribution in [1.82, 2.24) is 35.1 Å². The summed E-state index contributed by atoms with van der Waals surface area (Å²) in [6, 6.07) is 9.10. The van der Waals surface area contributed by atoms with E-state index in [1.54, 1.807) is 24.7 Å². The number of anilines is 1. The molecule has 33 heavy (non-hydrogen) atoms. The third-order valence-corrected chi connectivity index (χ3v) is 6.31. The lowest BCUT2D eigenvalue weighted by Gasteiger charge is -2.12. The van der Waals surface area contributed by atoms with Crippen molar-refractivity contribution in [2.24, 2.45) is 0 Å². The van der Waals surface area contributed by atoms with Gasteiger partial charge in [-0.1, -0.05) is 0 Å². The first kappa shape index (κ1) is 19.5. The van der Waals surface area contributed by atoms with Crippen LogP contribution in [0.3, 0.4) is 0 Å². The fourth-order valence-corrected chi connectivity index (χ4v) is 4.46. The van der Waals surface area contributed by atoms with Gasteiger partial charge in [0.05, 0.1) is 34.8 Å². The molecule has 0 bridgehead atoms. The Bertz CT molecular complexity index is 1630. The van der Waals surface area contributed by atoms with Crippen molar-refractivity contribution >= 4 is 39.1 Å². The third kappa shape index (κ3) is 3.31. The van der Waals surface area contributed by atoms with Gasteiger partial charge in [0.15, 0.2) is 16.6 Å². The molecule has 0 aliphatic rings. The first-order chi connectivity index (χ1) is 16.1. The second-order valence-electron chi connectivity index (χ2n) is 7.76. The molecule has 0 fully saturated rings. The van der Waals surface area contributed by atoms with Crippen LogP contribution in [0.25, 0.3) is 55.3 Å². The Morgan fingerprint density at radius 3 is 2.61 bits per heavy atom. The fraction of sp³-hybridized carbons (Fsp3) is 0.0870. The van der Waals surface area contributed by atoms with Gasteiger partial charge in [-0.3, -0.25) is 15.1 Å². The molecule has 6 aromatic heterocycles. The smallest absolute Gasteiger partial charge is 0.176 e. The van der Waals surface area contributed by atoms with Crippen molar-refractivity contribution in [3.63, 3.8) is 0 Å². The summed E-state index contributed by atoms with van der Waals surface area (Å²) in [4.78, 5) is 24.3. The highest BCUT2D eigenvalue weighted by atomic mass is 32.1. The molecule has 0 aliphatic heterocycles. The number of pyridine rings is 3. The molecule has 0 saturated carbocycles. The van der Waals surface area contributed by atoms with Crippen LogP contribution in [0, 0.1) is 5.13 Å². The molecule has 0 saturated heterocycles. The Morgan fingerprint density at radius 1 is 0.909 bits per heavy atom. The number of nitrogens with zero attached hydrogens (tertiary/aromatic N) is 6. The number of hydrogen-bond donors (Lipinski definition) is 2. The maximum absolute atomic E-state index is 13.6. The summed E-state index contributed by atoms with van der Waals surface area (Å²) in [6.07, 6.45) is 7.00. The molecule has 162 valence electrons. The standard InChI is InChI=1S/C23H17FN8S/c1-32(2)13-7-12(8-25-9-13)15-3-4-16-21(27-15)22(31-30-16)23-28-17-11-26-10-14(20(17)29-23)18-5-6-19(24)33-18/h3-11H,1-2H3,(H,28,29)(H,30,31). The van der Waals surface area contributed by atoms with Gasteiger partial charge in [-0.2, -0.15) is 9.49 Å². The highest BCUT2D eigenvalue weighted by molar-refractivity contribution is 7.14. The molecule has 2 N–H and O–H groups in total. The number of H-pyrrole nitrogens is 2. The van der Waals surface area contributed by atoms with Crippen LogP contribution in [0.5, 0.6) is 0 Å². The van der Waals surface area contributed by atoms with E-state index in [2.05, 4.69) is 25.1 Å². The van der Waals surface area contributed by atoms with Gasteiger partial charge in [0, 0.05) is 42.5 Å². The number of halogens is 1. The van der Waals surface area contributed by atoms with Gasteiger partial charge in [0.25, 0.3) is 0 Å². The second kappa shape index (κ2) is 7.45. The van der Waals surface area contributed by atoms with E-state index >= 15 is 0 Å². The molecule has 0 unspecified atom stereocenters. The van der Waals surface area contributed by atoms with Gasteiger partial charge < -0.3 is 9.88 Å². The predicted molar refractivity (Wildman–Crippen MR) is 128 cm³/mol. The van der Waals surface area contributed by atoms with E-state index in [1.807, 2.05) is 43.4 Å². The summed E-state index contributed by atoms with van der Waals surface area (Å²) in [5.41, 5.74) is 6.99. The topological polar surface area (TPSA) is 99.3 Å². The number of thiophene rings is 1. The number of aromatic amines is 2. The van der Waals surface area contributed by atoms with Crippen LogP contribution in [-0.2, 0) is 0 Å². The fourth-order valence-electron chi connectivity index (χ4n) is 3.72. The van der Waals surface area contributed by atoms with Crippen molar-refractivity contribution in [2.75, 3.05) is 19.0 Å². The zero-order chi connectivity index (χ0) is 22.5. The Labute approximate surface area is 191 Å². The van der Waals surface area contributed by atoms with Crippen molar-refractivity contribution < 1.29 is 4.39 Å². The van der Waals surface area contributed by atoms with Crippen LogP contribution < -0.4 is 4.90 Å². The molecule has 0 spiro atoms. The summed E-state index contributed by atoms with van der Waals surface area (Å²) >= 11 is 1.06. The monoisotopic (exact) mass is 456 g/mol. The maximum atomic E-state index is 13.6.